The summed E-state index contributed by atoms with van der Waals surface area (Å²) < 4.78 is 38.4. The molecular formula is C21H26F3NO2S. The van der Waals surface area contributed by atoms with Crippen LogP contribution in [-0.4, -0.2) is 34.8 Å². The van der Waals surface area contributed by atoms with Crippen molar-refractivity contribution < 1.29 is 23.1 Å². The summed E-state index contributed by atoms with van der Waals surface area (Å²) in [4.78, 5) is 13.7. The van der Waals surface area contributed by atoms with Crippen LogP contribution in [0.4, 0.5) is 13.2 Å². The topological polar surface area (TPSA) is 40.5 Å². The third-order valence-corrected chi connectivity index (χ3v) is 5.68. The number of aryl methyl sites for hydroxylation is 1. The van der Waals surface area contributed by atoms with Gasteiger partial charge in [0.1, 0.15) is 0 Å². The molecular weight excluding hydrogens is 387 g/mol. The minimum atomic E-state index is -4.34. The number of thioether (sulfide) groups is 1. The number of hydrogen-bond donors (Lipinski definition) is 1. The Labute approximate surface area is 168 Å². The predicted octanol–water partition coefficient (Wildman–Crippen LogP) is 5.59. The SMILES string of the molecule is CC(C)CCN1CC=CC(C(=O)O)=C1SCCCc1cccc(C(F)(F)F)c1. The molecule has 0 aliphatic carbocycles. The summed E-state index contributed by atoms with van der Waals surface area (Å²) in [6.45, 7) is 5.72. The molecule has 1 aliphatic heterocycles. The highest BCUT2D eigenvalue weighted by Crippen LogP contribution is 2.31. The molecule has 0 radical (unpaired) electrons. The summed E-state index contributed by atoms with van der Waals surface area (Å²) in [6.07, 6.45) is 1.32. The molecule has 0 fully saturated rings. The molecule has 0 amide bonds. The first kappa shape index (κ1) is 22.4. The first-order valence-electron chi connectivity index (χ1n) is 9.36. The van der Waals surface area contributed by atoms with E-state index in [1.165, 1.54) is 23.9 Å². The Morgan fingerprint density at radius 1 is 1.32 bits per heavy atom. The lowest BCUT2D eigenvalue weighted by Gasteiger charge is -2.30. The highest BCUT2D eigenvalue weighted by atomic mass is 32.2. The molecule has 0 bridgehead atoms. The Bertz CT molecular complexity index is 741. The van der Waals surface area contributed by atoms with Gasteiger partial charge in [-0.05, 0) is 48.6 Å². The van der Waals surface area contributed by atoms with E-state index in [-0.39, 0.29) is 0 Å². The van der Waals surface area contributed by atoms with Crippen LogP contribution in [0, 0.1) is 5.92 Å². The van der Waals surface area contributed by atoms with Gasteiger partial charge in [-0.1, -0.05) is 38.1 Å². The zero-order chi connectivity index (χ0) is 20.7. The minimum Gasteiger partial charge on any atom is -0.478 e. The van der Waals surface area contributed by atoms with Crippen molar-refractivity contribution in [2.24, 2.45) is 5.92 Å². The van der Waals surface area contributed by atoms with Crippen molar-refractivity contribution in [1.29, 1.82) is 0 Å². The van der Waals surface area contributed by atoms with Gasteiger partial charge in [0.2, 0.25) is 0 Å². The Morgan fingerprint density at radius 3 is 2.71 bits per heavy atom. The number of hydrogen-bond acceptors (Lipinski definition) is 3. The van der Waals surface area contributed by atoms with E-state index in [9.17, 15) is 23.1 Å². The van der Waals surface area contributed by atoms with Crippen molar-refractivity contribution in [3.05, 3.63) is 58.1 Å². The molecule has 0 aromatic heterocycles. The quantitative estimate of drug-likeness (QED) is 0.536. The first-order chi connectivity index (χ1) is 13.2. The first-order valence-corrected chi connectivity index (χ1v) is 10.3. The molecule has 28 heavy (non-hydrogen) atoms. The number of benzene rings is 1. The lowest BCUT2D eigenvalue weighted by atomic mass is 10.1. The van der Waals surface area contributed by atoms with Crippen LogP contribution in [0.15, 0.2) is 47.0 Å². The zero-order valence-corrected chi connectivity index (χ0v) is 16.9. The normalized spacial score (nSPS) is 14.9. The minimum absolute atomic E-state index is 0.291. The zero-order valence-electron chi connectivity index (χ0n) is 16.1. The molecule has 1 aromatic rings. The fourth-order valence-electron chi connectivity index (χ4n) is 2.91. The van der Waals surface area contributed by atoms with Crippen LogP contribution in [0.25, 0.3) is 0 Å². The maximum atomic E-state index is 12.8. The predicted molar refractivity (Wildman–Crippen MR) is 107 cm³/mol. The van der Waals surface area contributed by atoms with E-state index in [1.807, 2.05) is 6.08 Å². The van der Waals surface area contributed by atoms with Gasteiger partial charge in [0.25, 0.3) is 0 Å². The third kappa shape index (κ3) is 6.62. The van der Waals surface area contributed by atoms with Gasteiger partial charge in [-0.15, -0.1) is 11.8 Å². The van der Waals surface area contributed by atoms with Crippen LogP contribution in [-0.2, 0) is 17.4 Å². The molecule has 0 saturated heterocycles. The lowest BCUT2D eigenvalue weighted by Crippen LogP contribution is -2.29. The Kier molecular flexibility index (Phi) is 8.04. The summed E-state index contributed by atoms with van der Waals surface area (Å²) in [5.74, 6) is 0.214. The summed E-state index contributed by atoms with van der Waals surface area (Å²) >= 11 is 1.47. The van der Waals surface area contributed by atoms with Gasteiger partial charge in [0.05, 0.1) is 16.2 Å². The number of carbonyl (C=O) groups is 1. The maximum absolute atomic E-state index is 12.8. The van der Waals surface area contributed by atoms with Crippen LogP contribution in [0.3, 0.4) is 0 Å². The number of aliphatic carboxylic acids is 1. The Morgan fingerprint density at radius 2 is 2.07 bits per heavy atom. The van der Waals surface area contributed by atoms with Gasteiger partial charge >= 0.3 is 12.1 Å². The number of rotatable bonds is 9. The Hall–Kier alpha value is -1.89. The van der Waals surface area contributed by atoms with Gasteiger partial charge in [-0.3, -0.25) is 0 Å². The lowest BCUT2D eigenvalue weighted by molar-refractivity contribution is -0.137. The van der Waals surface area contributed by atoms with Crippen molar-refractivity contribution in [2.45, 2.75) is 39.3 Å². The van der Waals surface area contributed by atoms with E-state index in [0.717, 1.165) is 24.1 Å². The van der Waals surface area contributed by atoms with Gasteiger partial charge < -0.3 is 10.0 Å². The van der Waals surface area contributed by atoms with Crippen LogP contribution in [0.5, 0.6) is 0 Å². The smallest absolute Gasteiger partial charge is 0.416 e. The van der Waals surface area contributed by atoms with Gasteiger partial charge in [0, 0.05) is 13.1 Å². The average molecular weight is 414 g/mol. The summed E-state index contributed by atoms with van der Waals surface area (Å²) in [5, 5.41) is 10.2. The maximum Gasteiger partial charge on any atom is 0.416 e. The monoisotopic (exact) mass is 413 g/mol. The highest BCUT2D eigenvalue weighted by Gasteiger charge is 2.30. The third-order valence-electron chi connectivity index (χ3n) is 4.44. The number of carboxylic acid groups (broad SMARTS) is 1. The molecule has 154 valence electrons. The fraction of sp³-hybridized carbons (Fsp3) is 0.476. The van der Waals surface area contributed by atoms with Crippen molar-refractivity contribution in [3.63, 3.8) is 0 Å². The van der Waals surface area contributed by atoms with Crippen LogP contribution < -0.4 is 0 Å². The summed E-state index contributed by atoms with van der Waals surface area (Å²) in [6, 6.07) is 5.38. The number of nitrogens with zero attached hydrogens (tertiary/aromatic N) is 1. The fourth-order valence-corrected chi connectivity index (χ4v) is 4.05. The van der Waals surface area contributed by atoms with Crippen molar-refractivity contribution in [2.75, 3.05) is 18.8 Å². The van der Waals surface area contributed by atoms with E-state index in [4.69, 9.17) is 0 Å². The van der Waals surface area contributed by atoms with Crippen molar-refractivity contribution >= 4 is 17.7 Å². The molecule has 0 saturated carbocycles. The van der Waals surface area contributed by atoms with Crippen LogP contribution in [0.1, 0.15) is 37.8 Å². The largest absolute Gasteiger partial charge is 0.478 e. The Balaban J connectivity index is 1.98. The molecule has 3 nitrogen and oxygen atoms in total. The molecule has 1 aliphatic rings. The van der Waals surface area contributed by atoms with Gasteiger partial charge in [-0.25, -0.2) is 4.79 Å². The van der Waals surface area contributed by atoms with E-state index in [1.54, 1.807) is 12.1 Å². The molecule has 1 N–H and O–H groups in total. The second-order valence-electron chi connectivity index (χ2n) is 7.21. The highest BCUT2D eigenvalue weighted by molar-refractivity contribution is 8.03. The van der Waals surface area contributed by atoms with E-state index in [2.05, 4.69) is 18.7 Å². The molecule has 7 heteroatoms. The second-order valence-corrected chi connectivity index (χ2v) is 8.29. The van der Waals surface area contributed by atoms with Gasteiger partial charge in [0.15, 0.2) is 0 Å². The number of carboxylic acids is 1. The number of halogens is 3. The standard InChI is InChI=1S/C21H26F3NO2S/c1-15(2)10-12-25-11-4-9-18(20(26)27)19(25)28-13-5-7-16-6-3-8-17(14-16)21(22,23)24/h3-4,6,8-9,14-15H,5,7,10-13H2,1-2H3,(H,26,27). The molecule has 1 heterocycles. The van der Waals surface area contributed by atoms with E-state index in [0.29, 0.717) is 42.2 Å². The molecule has 2 rings (SSSR count). The van der Waals surface area contributed by atoms with Crippen LogP contribution in [0.2, 0.25) is 0 Å². The molecule has 0 atom stereocenters. The van der Waals surface area contributed by atoms with E-state index < -0.39 is 17.7 Å². The average Bonchev–Trinajstić information content (AvgIpc) is 2.63. The van der Waals surface area contributed by atoms with Crippen LogP contribution >= 0.6 is 11.8 Å². The molecule has 0 unspecified atom stereocenters. The second kappa shape index (κ2) is 10.0. The van der Waals surface area contributed by atoms with Crippen molar-refractivity contribution in [3.8, 4) is 0 Å². The number of alkyl halides is 3. The summed E-state index contributed by atoms with van der Waals surface area (Å²) in [5.41, 5.74) is 0.299. The molecule has 0 spiro atoms. The molecule has 1 aromatic carbocycles. The van der Waals surface area contributed by atoms with Gasteiger partial charge in [-0.2, -0.15) is 13.2 Å². The van der Waals surface area contributed by atoms with Crippen molar-refractivity contribution in [1.82, 2.24) is 4.90 Å². The summed E-state index contributed by atoms with van der Waals surface area (Å²) in [7, 11) is 0. The van der Waals surface area contributed by atoms with E-state index >= 15 is 0 Å².